The van der Waals surface area contributed by atoms with Crippen LogP contribution in [-0.2, 0) is 10.0 Å². The zero-order chi connectivity index (χ0) is 9.35. The van der Waals surface area contributed by atoms with Gasteiger partial charge in [-0.2, -0.15) is 0 Å². The molecule has 1 heterocycles. The van der Waals surface area contributed by atoms with Crippen molar-refractivity contribution in [3.8, 4) is 0 Å². The molecule has 1 rings (SSSR count). The first kappa shape index (κ1) is 10.1. The first-order valence-corrected chi connectivity index (χ1v) is 6.05. The van der Waals surface area contributed by atoms with Crippen molar-refractivity contribution in [1.29, 1.82) is 0 Å². The molecular formula is C5H7BrN2O2S2. The summed E-state index contributed by atoms with van der Waals surface area (Å²) in [5, 5.41) is 0. The highest BCUT2D eigenvalue weighted by molar-refractivity contribution is 9.11. The quantitative estimate of drug-likeness (QED) is 0.622. The molecule has 3 N–H and O–H groups in total. The van der Waals surface area contributed by atoms with E-state index < -0.39 is 10.0 Å². The number of hydrogen-bond acceptors (Lipinski definition) is 4. The molecule has 0 aromatic carbocycles. The normalized spacial score (nSPS) is 11.9. The fraction of sp³-hybridized carbons (Fsp3) is 0.200. The van der Waals surface area contributed by atoms with E-state index in [2.05, 4.69) is 15.9 Å². The summed E-state index contributed by atoms with van der Waals surface area (Å²) in [5.41, 5.74) is 0.883. The fourth-order valence-corrected chi connectivity index (χ4v) is 3.49. The highest BCUT2D eigenvalue weighted by Gasteiger charge is 2.15. The van der Waals surface area contributed by atoms with Crippen LogP contribution in [0.15, 0.2) is 14.1 Å². The fourth-order valence-electron chi connectivity index (χ4n) is 0.622. The van der Waals surface area contributed by atoms with Crippen LogP contribution in [0.1, 0.15) is 5.56 Å². The lowest BCUT2D eigenvalue weighted by Gasteiger charge is -1.95. The van der Waals surface area contributed by atoms with E-state index in [4.69, 9.17) is 5.84 Å². The molecule has 0 spiro atoms. The van der Waals surface area contributed by atoms with E-state index in [9.17, 15) is 8.42 Å². The number of hydrazine groups is 1. The first-order valence-electron chi connectivity index (χ1n) is 2.95. The number of halogens is 1. The van der Waals surface area contributed by atoms with Crippen LogP contribution in [0.25, 0.3) is 0 Å². The molecule has 0 unspecified atom stereocenters. The minimum atomic E-state index is -3.48. The molecule has 0 saturated heterocycles. The SMILES string of the molecule is Cc1cc(S(=O)(=O)NN)sc1Br. The Morgan fingerprint density at radius 3 is 2.58 bits per heavy atom. The summed E-state index contributed by atoms with van der Waals surface area (Å²) in [5.74, 6) is 4.85. The molecule has 1 aromatic rings. The lowest BCUT2D eigenvalue weighted by Crippen LogP contribution is -2.29. The van der Waals surface area contributed by atoms with E-state index in [0.29, 0.717) is 0 Å². The molecule has 4 nitrogen and oxygen atoms in total. The number of rotatable bonds is 2. The van der Waals surface area contributed by atoms with Crippen molar-refractivity contribution in [2.45, 2.75) is 11.1 Å². The van der Waals surface area contributed by atoms with Gasteiger partial charge in [0.25, 0.3) is 10.0 Å². The van der Waals surface area contributed by atoms with Crippen LogP contribution >= 0.6 is 27.3 Å². The Labute approximate surface area is 82.9 Å². The second kappa shape index (κ2) is 3.43. The van der Waals surface area contributed by atoms with Crippen LogP contribution in [0.4, 0.5) is 0 Å². The van der Waals surface area contributed by atoms with Gasteiger partial charge in [-0.1, -0.05) is 0 Å². The third-order valence-corrected chi connectivity index (χ3v) is 5.05. The predicted octanol–water partition coefficient (Wildman–Crippen LogP) is 0.971. The van der Waals surface area contributed by atoms with E-state index in [1.165, 1.54) is 0 Å². The molecule has 0 aliphatic rings. The van der Waals surface area contributed by atoms with Gasteiger partial charge in [0.1, 0.15) is 4.21 Å². The van der Waals surface area contributed by atoms with Gasteiger partial charge in [-0.3, -0.25) is 5.84 Å². The highest BCUT2D eigenvalue weighted by atomic mass is 79.9. The van der Waals surface area contributed by atoms with Crippen molar-refractivity contribution in [1.82, 2.24) is 4.83 Å². The van der Waals surface area contributed by atoms with Crippen LogP contribution in [0.5, 0.6) is 0 Å². The van der Waals surface area contributed by atoms with Crippen molar-refractivity contribution in [2.24, 2.45) is 5.84 Å². The minimum Gasteiger partial charge on any atom is -0.257 e. The predicted molar refractivity (Wildman–Crippen MR) is 51.3 cm³/mol. The van der Waals surface area contributed by atoms with E-state index >= 15 is 0 Å². The summed E-state index contributed by atoms with van der Waals surface area (Å²) in [6.45, 7) is 1.82. The van der Waals surface area contributed by atoms with Gasteiger partial charge in [-0.25, -0.2) is 8.42 Å². The molecule has 0 radical (unpaired) electrons. The molecule has 0 atom stereocenters. The molecule has 0 amide bonds. The zero-order valence-electron chi connectivity index (χ0n) is 6.17. The average molecular weight is 271 g/mol. The Balaban J connectivity index is 3.22. The number of sulfonamides is 1. The zero-order valence-corrected chi connectivity index (χ0v) is 9.38. The molecule has 0 aliphatic carbocycles. The van der Waals surface area contributed by atoms with Crippen molar-refractivity contribution in [2.75, 3.05) is 0 Å². The Morgan fingerprint density at radius 1 is 1.67 bits per heavy atom. The van der Waals surface area contributed by atoms with Gasteiger partial charge in [0.05, 0.1) is 3.79 Å². The Bertz CT molecular complexity index is 365. The molecule has 1 aromatic heterocycles. The summed E-state index contributed by atoms with van der Waals surface area (Å²) < 4.78 is 23.3. The maximum Gasteiger partial charge on any atom is 0.262 e. The van der Waals surface area contributed by atoms with Gasteiger partial charge in [0.15, 0.2) is 0 Å². The summed E-state index contributed by atoms with van der Waals surface area (Å²) in [4.78, 5) is 1.76. The number of aryl methyl sites for hydroxylation is 1. The summed E-state index contributed by atoms with van der Waals surface area (Å²) in [6.07, 6.45) is 0. The third kappa shape index (κ3) is 1.86. The van der Waals surface area contributed by atoms with E-state index in [-0.39, 0.29) is 4.21 Å². The van der Waals surface area contributed by atoms with Gasteiger partial charge in [0, 0.05) is 0 Å². The Hall–Kier alpha value is 0.0500. The molecule has 0 bridgehead atoms. The van der Waals surface area contributed by atoms with E-state index in [0.717, 1.165) is 20.7 Å². The van der Waals surface area contributed by atoms with Gasteiger partial charge in [0.2, 0.25) is 0 Å². The molecule has 68 valence electrons. The molecule has 0 fully saturated rings. The summed E-state index contributed by atoms with van der Waals surface area (Å²) in [7, 11) is -3.48. The van der Waals surface area contributed by atoms with Crippen LogP contribution in [-0.4, -0.2) is 8.42 Å². The van der Waals surface area contributed by atoms with Crippen molar-refractivity contribution in [3.05, 3.63) is 15.4 Å². The van der Waals surface area contributed by atoms with E-state index in [1.54, 1.807) is 10.9 Å². The maximum atomic E-state index is 11.1. The number of nitrogens with one attached hydrogen (secondary N) is 1. The summed E-state index contributed by atoms with van der Waals surface area (Å²) >= 11 is 4.36. The van der Waals surface area contributed by atoms with Crippen molar-refractivity contribution >= 4 is 37.3 Å². The second-order valence-electron chi connectivity index (χ2n) is 2.14. The Kier molecular flexibility index (Phi) is 2.89. The molecule has 0 saturated carbocycles. The van der Waals surface area contributed by atoms with Gasteiger partial charge >= 0.3 is 0 Å². The first-order chi connectivity index (χ1) is 5.47. The summed E-state index contributed by atoms with van der Waals surface area (Å²) in [6, 6.07) is 1.56. The van der Waals surface area contributed by atoms with Crippen molar-refractivity contribution < 1.29 is 8.42 Å². The van der Waals surface area contributed by atoms with Crippen molar-refractivity contribution in [3.63, 3.8) is 0 Å². The average Bonchev–Trinajstić information content (AvgIpc) is 2.33. The topological polar surface area (TPSA) is 72.2 Å². The van der Waals surface area contributed by atoms with E-state index in [1.807, 2.05) is 6.92 Å². The van der Waals surface area contributed by atoms with Gasteiger partial charge < -0.3 is 0 Å². The molecule has 7 heteroatoms. The molecular weight excluding hydrogens is 264 g/mol. The number of thiophene rings is 1. The minimum absolute atomic E-state index is 0.217. The van der Waals surface area contributed by atoms with Crippen LogP contribution < -0.4 is 10.7 Å². The number of hydrogen-bond donors (Lipinski definition) is 2. The standard InChI is InChI=1S/C5H7BrN2O2S2/c1-3-2-4(11-5(3)6)12(9,10)8-7/h2,8H,7H2,1H3. The van der Waals surface area contributed by atoms with Crippen LogP contribution in [0.2, 0.25) is 0 Å². The maximum absolute atomic E-state index is 11.1. The smallest absolute Gasteiger partial charge is 0.257 e. The van der Waals surface area contributed by atoms with Gasteiger partial charge in [-0.15, -0.1) is 16.2 Å². The molecule has 12 heavy (non-hydrogen) atoms. The lowest BCUT2D eigenvalue weighted by molar-refractivity contribution is 0.586. The Morgan fingerprint density at radius 2 is 2.25 bits per heavy atom. The third-order valence-electron chi connectivity index (χ3n) is 1.25. The van der Waals surface area contributed by atoms with Crippen LogP contribution in [0.3, 0.4) is 0 Å². The second-order valence-corrected chi connectivity index (χ2v) is 6.45. The highest BCUT2D eigenvalue weighted by Crippen LogP contribution is 2.29. The van der Waals surface area contributed by atoms with Gasteiger partial charge in [-0.05, 0) is 34.5 Å². The molecule has 0 aliphatic heterocycles. The number of nitrogens with two attached hydrogens (primary N) is 1. The monoisotopic (exact) mass is 270 g/mol. The van der Waals surface area contributed by atoms with Crippen LogP contribution in [0, 0.1) is 6.92 Å². The lowest BCUT2D eigenvalue weighted by atomic mass is 10.4. The largest absolute Gasteiger partial charge is 0.262 e.